The molecule has 0 spiro atoms. The van der Waals surface area contributed by atoms with E-state index in [-0.39, 0.29) is 36.6 Å². The molecule has 4 nitrogen and oxygen atoms in total. The van der Waals surface area contributed by atoms with E-state index in [4.69, 9.17) is 0 Å². The average Bonchev–Trinajstić information content (AvgIpc) is 3.20. The minimum atomic E-state index is 0. The van der Waals surface area contributed by atoms with Crippen molar-refractivity contribution in [2.75, 3.05) is 26.7 Å². The predicted molar refractivity (Wildman–Crippen MR) is 83.3 cm³/mol. The van der Waals surface area contributed by atoms with Crippen LogP contribution in [0.4, 0.5) is 0 Å². The summed E-state index contributed by atoms with van der Waals surface area (Å²) >= 11 is 0. The van der Waals surface area contributed by atoms with Gasteiger partial charge in [0.25, 0.3) is 0 Å². The minimum Gasteiger partial charge on any atom is -0.354 e. The molecular weight excluding hydrogens is 285 g/mol. The highest BCUT2D eigenvalue weighted by atomic mass is 35.5. The molecule has 0 radical (unpaired) electrons. The van der Waals surface area contributed by atoms with Gasteiger partial charge in [0.15, 0.2) is 0 Å². The Bertz CT molecular complexity index is 269. The van der Waals surface area contributed by atoms with Gasteiger partial charge in [-0.15, -0.1) is 24.8 Å². The van der Waals surface area contributed by atoms with Crippen LogP contribution in [0.25, 0.3) is 0 Å². The lowest BCUT2D eigenvalue weighted by atomic mass is 9.99. The fraction of sp³-hybridized carbons (Fsp3) is 0.923. The van der Waals surface area contributed by atoms with Gasteiger partial charge in [0.1, 0.15) is 0 Å². The van der Waals surface area contributed by atoms with Crippen molar-refractivity contribution in [2.45, 2.75) is 44.7 Å². The third-order valence-corrected chi connectivity index (χ3v) is 4.06. The Morgan fingerprint density at radius 2 is 2.05 bits per heavy atom. The summed E-state index contributed by atoms with van der Waals surface area (Å²) < 4.78 is 0. The van der Waals surface area contributed by atoms with Crippen LogP contribution in [0.1, 0.15) is 32.6 Å². The first-order valence-corrected chi connectivity index (χ1v) is 6.89. The molecular formula is C13H27Cl2N3O. The van der Waals surface area contributed by atoms with E-state index in [1.807, 2.05) is 0 Å². The Balaban J connectivity index is 0.00000162. The van der Waals surface area contributed by atoms with Gasteiger partial charge in [0.05, 0.1) is 5.92 Å². The fourth-order valence-electron chi connectivity index (χ4n) is 2.45. The van der Waals surface area contributed by atoms with Crippen molar-refractivity contribution in [3.63, 3.8) is 0 Å². The Morgan fingerprint density at radius 1 is 1.37 bits per heavy atom. The summed E-state index contributed by atoms with van der Waals surface area (Å²) in [7, 11) is 2.16. The Hall–Kier alpha value is -0.0300. The molecule has 2 fully saturated rings. The van der Waals surface area contributed by atoms with Gasteiger partial charge in [-0.3, -0.25) is 9.69 Å². The van der Waals surface area contributed by atoms with Gasteiger partial charge in [-0.05, 0) is 46.2 Å². The Kier molecular flexibility index (Phi) is 8.99. The zero-order valence-corrected chi connectivity index (χ0v) is 13.5. The van der Waals surface area contributed by atoms with E-state index in [0.717, 1.165) is 38.5 Å². The summed E-state index contributed by atoms with van der Waals surface area (Å²) in [5, 5.41) is 6.38. The lowest BCUT2D eigenvalue weighted by Gasteiger charge is -2.27. The molecule has 1 aliphatic carbocycles. The SMILES string of the molecule is CC(CNC(=O)C1CCCNC1)N(C)C1CC1.Cl.Cl. The third-order valence-electron chi connectivity index (χ3n) is 4.06. The normalized spacial score (nSPS) is 24.1. The van der Waals surface area contributed by atoms with Crippen LogP contribution in [0, 0.1) is 5.92 Å². The number of rotatable bonds is 5. The molecule has 0 aromatic rings. The second-order valence-corrected chi connectivity index (χ2v) is 5.53. The molecule has 0 bridgehead atoms. The number of carbonyl (C=O) groups is 1. The quantitative estimate of drug-likeness (QED) is 0.807. The standard InChI is InChI=1S/C13H25N3O.2ClH/c1-10(16(2)12-5-6-12)8-15-13(17)11-4-3-7-14-9-11;;/h10-12,14H,3-9H2,1-2H3,(H,15,17);2*1H. The van der Waals surface area contributed by atoms with Gasteiger partial charge in [0, 0.05) is 25.2 Å². The molecule has 2 aliphatic rings. The molecule has 1 amide bonds. The molecule has 2 atom stereocenters. The van der Waals surface area contributed by atoms with Crippen molar-refractivity contribution in [1.82, 2.24) is 15.5 Å². The summed E-state index contributed by atoms with van der Waals surface area (Å²) in [6.07, 6.45) is 4.80. The molecule has 2 unspecified atom stereocenters. The number of amides is 1. The lowest BCUT2D eigenvalue weighted by molar-refractivity contribution is -0.125. The Morgan fingerprint density at radius 3 is 2.58 bits per heavy atom. The second-order valence-electron chi connectivity index (χ2n) is 5.53. The molecule has 0 aromatic heterocycles. The first-order chi connectivity index (χ1) is 8.18. The number of hydrogen-bond donors (Lipinski definition) is 2. The van der Waals surface area contributed by atoms with Crippen LogP contribution in [-0.2, 0) is 4.79 Å². The van der Waals surface area contributed by atoms with Gasteiger partial charge >= 0.3 is 0 Å². The van der Waals surface area contributed by atoms with Crippen LogP contribution in [0.15, 0.2) is 0 Å². The number of halogens is 2. The fourth-order valence-corrected chi connectivity index (χ4v) is 2.45. The van der Waals surface area contributed by atoms with Crippen molar-refractivity contribution in [1.29, 1.82) is 0 Å². The summed E-state index contributed by atoms with van der Waals surface area (Å²) in [5.41, 5.74) is 0. The molecule has 0 aromatic carbocycles. The molecule has 114 valence electrons. The van der Waals surface area contributed by atoms with Crippen molar-refractivity contribution in [2.24, 2.45) is 5.92 Å². The number of likely N-dealkylation sites (N-methyl/N-ethyl adjacent to an activating group) is 1. The Labute approximate surface area is 128 Å². The van der Waals surface area contributed by atoms with E-state index < -0.39 is 0 Å². The molecule has 2 N–H and O–H groups in total. The number of piperidine rings is 1. The van der Waals surface area contributed by atoms with E-state index in [1.165, 1.54) is 12.8 Å². The van der Waals surface area contributed by atoms with Gasteiger partial charge in [0.2, 0.25) is 5.91 Å². The number of hydrogen-bond acceptors (Lipinski definition) is 3. The number of nitrogens with zero attached hydrogens (tertiary/aromatic N) is 1. The van der Waals surface area contributed by atoms with Gasteiger partial charge in [-0.1, -0.05) is 0 Å². The monoisotopic (exact) mass is 311 g/mol. The highest BCUT2D eigenvalue weighted by molar-refractivity contribution is 5.85. The molecule has 6 heteroatoms. The molecule has 1 saturated heterocycles. The van der Waals surface area contributed by atoms with E-state index in [1.54, 1.807) is 0 Å². The summed E-state index contributed by atoms with van der Waals surface area (Å²) in [6.45, 7) is 4.88. The predicted octanol–water partition coefficient (Wildman–Crippen LogP) is 1.43. The maximum absolute atomic E-state index is 11.9. The highest BCUT2D eigenvalue weighted by Gasteiger charge is 2.29. The second kappa shape index (κ2) is 9.01. The smallest absolute Gasteiger partial charge is 0.224 e. The molecule has 1 heterocycles. The maximum atomic E-state index is 11.9. The first-order valence-electron chi connectivity index (χ1n) is 6.89. The summed E-state index contributed by atoms with van der Waals surface area (Å²) in [5.74, 6) is 0.412. The van der Waals surface area contributed by atoms with Crippen LogP contribution in [0.2, 0.25) is 0 Å². The maximum Gasteiger partial charge on any atom is 0.224 e. The van der Waals surface area contributed by atoms with Crippen LogP contribution in [-0.4, -0.2) is 49.6 Å². The number of nitrogens with one attached hydrogen (secondary N) is 2. The molecule has 1 aliphatic heterocycles. The van der Waals surface area contributed by atoms with Crippen LogP contribution >= 0.6 is 24.8 Å². The van der Waals surface area contributed by atoms with Crippen molar-refractivity contribution in [3.05, 3.63) is 0 Å². The zero-order chi connectivity index (χ0) is 12.3. The summed E-state index contributed by atoms with van der Waals surface area (Å²) in [6, 6.07) is 1.21. The van der Waals surface area contributed by atoms with Gasteiger partial charge < -0.3 is 10.6 Å². The average molecular weight is 312 g/mol. The first kappa shape index (κ1) is 19.0. The van der Waals surface area contributed by atoms with E-state index in [0.29, 0.717) is 6.04 Å². The van der Waals surface area contributed by atoms with Gasteiger partial charge in [-0.2, -0.15) is 0 Å². The van der Waals surface area contributed by atoms with E-state index >= 15 is 0 Å². The molecule has 19 heavy (non-hydrogen) atoms. The molecule has 2 rings (SSSR count). The third kappa shape index (κ3) is 5.86. The van der Waals surface area contributed by atoms with E-state index in [2.05, 4.69) is 29.5 Å². The summed E-state index contributed by atoms with van der Waals surface area (Å²) in [4.78, 5) is 14.3. The zero-order valence-electron chi connectivity index (χ0n) is 11.9. The van der Waals surface area contributed by atoms with Crippen molar-refractivity contribution >= 4 is 30.7 Å². The minimum absolute atomic E-state index is 0. The highest BCUT2D eigenvalue weighted by Crippen LogP contribution is 2.26. The molecule has 1 saturated carbocycles. The van der Waals surface area contributed by atoms with Gasteiger partial charge in [-0.25, -0.2) is 0 Å². The van der Waals surface area contributed by atoms with Crippen LogP contribution in [0.3, 0.4) is 0 Å². The van der Waals surface area contributed by atoms with Crippen LogP contribution < -0.4 is 10.6 Å². The largest absolute Gasteiger partial charge is 0.354 e. The van der Waals surface area contributed by atoms with Crippen LogP contribution in [0.5, 0.6) is 0 Å². The lowest BCUT2D eigenvalue weighted by Crippen LogP contribution is -2.45. The van der Waals surface area contributed by atoms with Crippen molar-refractivity contribution in [3.8, 4) is 0 Å². The topological polar surface area (TPSA) is 44.4 Å². The van der Waals surface area contributed by atoms with Crippen molar-refractivity contribution < 1.29 is 4.79 Å². The number of carbonyl (C=O) groups excluding carboxylic acids is 1. The van der Waals surface area contributed by atoms with E-state index in [9.17, 15) is 4.79 Å².